The van der Waals surface area contributed by atoms with E-state index < -0.39 is 23.7 Å². The lowest BCUT2D eigenvalue weighted by molar-refractivity contribution is -0.140. The average Bonchev–Trinajstić information content (AvgIpc) is 2.98. The SMILES string of the molecule is COC(=O)c1cccc2c1nc(-c1ccc(C(F)(F)F)cc1)n2OC(C)=O. The fraction of sp³-hybridized carbons (Fsp3) is 0.167. The summed E-state index contributed by atoms with van der Waals surface area (Å²) >= 11 is 0. The van der Waals surface area contributed by atoms with Gasteiger partial charge in [-0.15, -0.1) is 0 Å². The predicted molar refractivity (Wildman–Crippen MR) is 88.8 cm³/mol. The van der Waals surface area contributed by atoms with Gasteiger partial charge in [0.25, 0.3) is 0 Å². The molecular weight excluding hydrogens is 365 g/mol. The van der Waals surface area contributed by atoms with E-state index in [0.717, 1.165) is 16.9 Å². The lowest BCUT2D eigenvalue weighted by Crippen LogP contribution is -2.17. The molecule has 0 aliphatic heterocycles. The third-order valence-electron chi connectivity index (χ3n) is 3.74. The van der Waals surface area contributed by atoms with Gasteiger partial charge in [-0.2, -0.15) is 17.9 Å². The highest BCUT2D eigenvalue weighted by molar-refractivity contribution is 6.02. The van der Waals surface area contributed by atoms with Crippen LogP contribution in [-0.2, 0) is 15.7 Å². The van der Waals surface area contributed by atoms with Gasteiger partial charge in [-0.3, -0.25) is 0 Å². The predicted octanol–water partition coefficient (Wildman–Crippen LogP) is 3.48. The number of para-hydroxylation sites is 1. The van der Waals surface area contributed by atoms with E-state index >= 15 is 0 Å². The molecule has 0 saturated heterocycles. The molecule has 27 heavy (non-hydrogen) atoms. The molecule has 0 unspecified atom stereocenters. The van der Waals surface area contributed by atoms with Crippen molar-refractivity contribution in [1.29, 1.82) is 0 Å². The summed E-state index contributed by atoms with van der Waals surface area (Å²) in [6, 6.07) is 8.81. The summed E-state index contributed by atoms with van der Waals surface area (Å²) in [5.41, 5.74) is 0.0745. The smallest absolute Gasteiger partial charge is 0.416 e. The van der Waals surface area contributed by atoms with Gasteiger partial charge in [0, 0.05) is 12.5 Å². The fourth-order valence-electron chi connectivity index (χ4n) is 2.56. The molecule has 0 saturated carbocycles. The van der Waals surface area contributed by atoms with Crippen molar-refractivity contribution in [2.24, 2.45) is 0 Å². The number of nitrogens with zero attached hydrogens (tertiary/aromatic N) is 2. The molecule has 1 aromatic heterocycles. The van der Waals surface area contributed by atoms with Crippen molar-refractivity contribution in [2.45, 2.75) is 13.1 Å². The number of fused-ring (bicyclic) bond motifs is 1. The first kappa shape index (κ1) is 18.4. The molecule has 0 spiro atoms. The second-order valence-electron chi connectivity index (χ2n) is 5.55. The van der Waals surface area contributed by atoms with Crippen molar-refractivity contribution >= 4 is 23.0 Å². The Morgan fingerprint density at radius 2 is 1.74 bits per heavy atom. The summed E-state index contributed by atoms with van der Waals surface area (Å²) in [5.74, 6) is -1.23. The molecule has 0 aliphatic rings. The summed E-state index contributed by atoms with van der Waals surface area (Å²) in [7, 11) is 1.21. The minimum Gasteiger partial charge on any atom is -0.465 e. The van der Waals surface area contributed by atoms with Crippen LogP contribution in [0, 0.1) is 0 Å². The molecule has 0 N–H and O–H groups in total. The molecule has 0 bridgehead atoms. The van der Waals surface area contributed by atoms with E-state index in [2.05, 4.69) is 4.98 Å². The van der Waals surface area contributed by atoms with Crippen LogP contribution in [0.25, 0.3) is 22.4 Å². The van der Waals surface area contributed by atoms with E-state index in [-0.39, 0.29) is 22.5 Å². The van der Waals surface area contributed by atoms with Crippen LogP contribution in [0.2, 0.25) is 0 Å². The molecule has 6 nitrogen and oxygen atoms in total. The zero-order chi connectivity index (χ0) is 19.8. The molecule has 0 amide bonds. The largest absolute Gasteiger partial charge is 0.465 e. The number of ether oxygens (including phenoxy) is 1. The Kier molecular flexibility index (Phi) is 4.61. The normalized spacial score (nSPS) is 11.4. The van der Waals surface area contributed by atoms with E-state index in [1.807, 2.05) is 0 Å². The topological polar surface area (TPSA) is 70.4 Å². The summed E-state index contributed by atoms with van der Waals surface area (Å²) in [6.07, 6.45) is -4.48. The summed E-state index contributed by atoms with van der Waals surface area (Å²) in [6.45, 7) is 1.17. The van der Waals surface area contributed by atoms with Crippen molar-refractivity contribution < 1.29 is 32.3 Å². The number of carbonyl (C=O) groups excluding carboxylic acids is 2. The quantitative estimate of drug-likeness (QED) is 0.653. The van der Waals surface area contributed by atoms with Crippen molar-refractivity contribution in [2.75, 3.05) is 7.11 Å². The number of hydrogen-bond acceptors (Lipinski definition) is 5. The summed E-state index contributed by atoms with van der Waals surface area (Å²) in [4.78, 5) is 32.9. The second-order valence-corrected chi connectivity index (χ2v) is 5.55. The van der Waals surface area contributed by atoms with Crippen molar-refractivity contribution in [3.63, 3.8) is 0 Å². The van der Waals surface area contributed by atoms with Crippen molar-refractivity contribution in [3.05, 3.63) is 53.6 Å². The van der Waals surface area contributed by atoms with Crippen LogP contribution in [0.1, 0.15) is 22.8 Å². The van der Waals surface area contributed by atoms with Crippen LogP contribution < -0.4 is 4.84 Å². The van der Waals surface area contributed by atoms with Gasteiger partial charge in [-0.05, 0) is 24.3 Å². The standard InChI is InChI=1S/C18H13F3N2O4/c1-10(24)27-23-14-5-3-4-13(17(25)26-2)15(14)22-16(23)11-6-8-12(9-7-11)18(19,20)21/h3-9H,1-2H3. The molecule has 0 radical (unpaired) electrons. The van der Waals surface area contributed by atoms with Gasteiger partial charge in [0.05, 0.1) is 18.2 Å². The third-order valence-corrected chi connectivity index (χ3v) is 3.74. The van der Waals surface area contributed by atoms with Gasteiger partial charge in [0.15, 0.2) is 5.82 Å². The van der Waals surface area contributed by atoms with Crippen LogP contribution in [0.5, 0.6) is 0 Å². The molecule has 3 aromatic rings. The highest BCUT2D eigenvalue weighted by atomic mass is 19.4. The Bertz CT molecular complexity index is 1020. The second kappa shape index (κ2) is 6.75. The number of benzene rings is 2. The van der Waals surface area contributed by atoms with Gasteiger partial charge in [0.2, 0.25) is 0 Å². The molecule has 0 atom stereocenters. The average molecular weight is 378 g/mol. The molecular formula is C18H13F3N2O4. The number of carbonyl (C=O) groups is 2. The van der Waals surface area contributed by atoms with E-state index in [9.17, 15) is 22.8 Å². The molecule has 2 aromatic carbocycles. The van der Waals surface area contributed by atoms with Crippen LogP contribution in [0.15, 0.2) is 42.5 Å². The number of aromatic nitrogens is 2. The zero-order valence-electron chi connectivity index (χ0n) is 14.2. The van der Waals surface area contributed by atoms with E-state index in [1.165, 1.54) is 32.2 Å². The first-order valence-corrected chi connectivity index (χ1v) is 7.68. The maximum atomic E-state index is 12.8. The van der Waals surface area contributed by atoms with Gasteiger partial charge in [-0.25, -0.2) is 14.6 Å². The van der Waals surface area contributed by atoms with Crippen molar-refractivity contribution in [3.8, 4) is 11.4 Å². The minimum absolute atomic E-state index is 0.0743. The Labute approximate surface area is 151 Å². The van der Waals surface area contributed by atoms with Crippen LogP contribution >= 0.6 is 0 Å². The van der Waals surface area contributed by atoms with Gasteiger partial charge in [-0.1, -0.05) is 18.2 Å². The monoisotopic (exact) mass is 378 g/mol. The Hall–Kier alpha value is -3.36. The summed E-state index contributed by atoms with van der Waals surface area (Å²) < 4.78 is 44.1. The number of esters is 1. The fourth-order valence-corrected chi connectivity index (χ4v) is 2.56. The maximum absolute atomic E-state index is 12.8. The van der Waals surface area contributed by atoms with Gasteiger partial charge < -0.3 is 9.57 Å². The molecule has 3 rings (SSSR count). The Balaban J connectivity index is 2.22. The number of alkyl halides is 3. The summed E-state index contributed by atoms with van der Waals surface area (Å²) in [5, 5.41) is 0. The third kappa shape index (κ3) is 3.48. The lowest BCUT2D eigenvalue weighted by atomic mass is 10.1. The highest BCUT2D eigenvalue weighted by Gasteiger charge is 2.30. The number of imidazole rings is 1. The van der Waals surface area contributed by atoms with Gasteiger partial charge in [0.1, 0.15) is 11.0 Å². The van der Waals surface area contributed by atoms with Crippen molar-refractivity contribution in [1.82, 2.24) is 9.71 Å². The number of hydrogen-bond donors (Lipinski definition) is 0. The number of rotatable bonds is 3. The minimum atomic E-state index is -4.48. The van der Waals surface area contributed by atoms with Crippen LogP contribution in [-0.4, -0.2) is 28.8 Å². The lowest BCUT2D eigenvalue weighted by Gasteiger charge is -2.09. The van der Waals surface area contributed by atoms with Crippen LogP contribution in [0.4, 0.5) is 13.2 Å². The molecule has 1 heterocycles. The van der Waals surface area contributed by atoms with E-state index in [4.69, 9.17) is 9.57 Å². The zero-order valence-corrected chi connectivity index (χ0v) is 14.2. The Morgan fingerprint density at radius 1 is 1.07 bits per heavy atom. The number of methoxy groups -OCH3 is 1. The van der Waals surface area contributed by atoms with Crippen LogP contribution in [0.3, 0.4) is 0 Å². The van der Waals surface area contributed by atoms with Gasteiger partial charge >= 0.3 is 18.1 Å². The molecule has 0 aliphatic carbocycles. The molecule has 140 valence electrons. The Morgan fingerprint density at radius 3 is 2.30 bits per heavy atom. The highest BCUT2D eigenvalue weighted by Crippen LogP contribution is 2.32. The van der Waals surface area contributed by atoms with E-state index in [1.54, 1.807) is 12.1 Å². The van der Waals surface area contributed by atoms with E-state index in [0.29, 0.717) is 5.52 Å². The molecule has 9 heteroatoms. The first-order valence-electron chi connectivity index (χ1n) is 7.68. The molecule has 0 fully saturated rings. The first-order chi connectivity index (χ1) is 12.7. The maximum Gasteiger partial charge on any atom is 0.416 e. The number of halogens is 3.